The number of carbonyl (C=O) groups is 3. The van der Waals surface area contributed by atoms with Crippen LogP contribution in [0, 0.1) is 0 Å². The number of aliphatic hydroxyl groups excluding tert-OH is 1. The molecule has 0 fully saturated rings. The van der Waals surface area contributed by atoms with Crippen molar-refractivity contribution in [2.75, 3.05) is 32.8 Å². The van der Waals surface area contributed by atoms with Crippen LogP contribution in [0.4, 0.5) is 0 Å². The van der Waals surface area contributed by atoms with Crippen molar-refractivity contribution < 1.29 is 29.0 Å². The molecule has 1 rings (SSSR count). The Morgan fingerprint density at radius 3 is 1.56 bits per heavy atom. The summed E-state index contributed by atoms with van der Waals surface area (Å²) in [5, 5.41) is 13.9. The standard InChI is InChI=1S/C53H98N4O6/c1-4-7-10-13-16-17-18-24-34-43-62-51(59)38-29-25-33-42-57(46-49(58)35-30-31-40-56-53(61)48-44-54-47-55-45-48)41-32-23-19-22-28-39-52(60)63-50(36-26-20-14-11-8-5-2)37-27-21-15-12-9-6-3/h44-45,47,49-50,58H,4-43,46H2,1-3H3,(H,56,61). The van der Waals surface area contributed by atoms with Crippen LogP contribution in [0.1, 0.15) is 262 Å². The molecule has 1 aromatic rings. The third-order valence-electron chi connectivity index (χ3n) is 12.3. The Kier molecular flexibility index (Phi) is 41.4. The van der Waals surface area contributed by atoms with Gasteiger partial charge in [-0.3, -0.25) is 14.4 Å². The van der Waals surface area contributed by atoms with Gasteiger partial charge in [0.15, 0.2) is 0 Å². The lowest BCUT2D eigenvalue weighted by molar-refractivity contribution is -0.150. The predicted molar refractivity (Wildman–Crippen MR) is 261 cm³/mol. The Morgan fingerprint density at radius 1 is 0.556 bits per heavy atom. The number of ether oxygens (including phenoxy) is 2. The van der Waals surface area contributed by atoms with Crippen molar-refractivity contribution in [2.24, 2.45) is 0 Å². The number of esters is 2. The van der Waals surface area contributed by atoms with E-state index in [-0.39, 0.29) is 23.9 Å². The van der Waals surface area contributed by atoms with Crippen molar-refractivity contribution in [1.82, 2.24) is 20.2 Å². The second-order valence-corrected chi connectivity index (χ2v) is 18.4. The van der Waals surface area contributed by atoms with E-state index in [0.717, 1.165) is 116 Å². The maximum Gasteiger partial charge on any atom is 0.306 e. The minimum absolute atomic E-state index is 0.0163. The number of rotatable bonds is 47. The maximum atomic E-state index is 12.9. The Labute approximate surface area is 387 Å². The van der Waals surface area contributed by atoms with Gasteiger partial charge in [0, 0.05) is 38.3 Å². The van der Waals surface area contributed by atoms with Crippen molar-refractivity contribution in [3.8, 4) is 0 Å². The average Bonchev–Trinajstić information content (AvgIpc) is 3.28. The third kappa shape index (κ3) is 38.4. The summed E-state index contributed by atoms with van der Waals surface area (Å²) in [6.07, 6.45) is 43.7. The lowest BCUT2D eigenvalue weighted by atomic mass is 10.0. The first-order valence-electron chi connectivity index (χ1n) is 26.7. The highest BCUT2D eigenvalue weighted by Crippen LogP contribution is 2.19. The third-order valence-corrected chi connectivity index (χ3v) is 12.3. The number of unbranched alkanes of at least 4 members (excludes halogenated alkanes) is 25. The molecule has 1 unspecified atom stereocenters. The van der Waals surface area contributed by atoms with Gasteiger partial charge in [-0.1, -0.05) is 162 Å². The molecule has 10 nitrogen and oxygen atoms in total. The molecule has 0 aliphatic carbocycles. The monoisotopic (exact) mass is 887 g/mol. The molecular formula is C53H98N4O6. The molecule has 1 heterocycles. The van der Waals surface area contributed by atoms with Crippen LogP contribution < -0.4 is 5.32 Å². The maximum absolute atomic E-state index is 12.9. The normalized spacial score (nSPS) is 12.0. The molecule has 1 aromatic heterocycles. The average molecular weight is 887 g/mol. The molecule has 1 atom stereocenters. The molecule has 0 spiro atoms. The molecule has 0 saturated carbocycles. The van der Waals surface area contributed by atoms with Gasteiger partial charge in [-0.05, 0) is 90.1 Å². The zero-order valence-corrected chi connectivity index (χ0v) is 41.2. The smallest absolute Gasteiger partial charge is 0.306 e. The highest BCUT2D eigenvalue weighted by molar-refractivity contribution is 5.93. The molecule has 0 bridgehead atoms. The van der Waals surface area contributed by atoms with Crippen LogP contribution in [0.2, 0.25) is 0 Å². The first-order chi connectivity index (χ1) is 30.9. The van der Waals surface area contributed by atoms with Gasteiger partial charge >= 0.3 is 11.9 Å². The van der Waals surface area contributed by atoms with E-state index in [0.29, 0.717) is 44.5 Å². The zero-order chi connectivity index (χ0) is 45.7. The number of amides is 1. The molecule has 366 valence electrons. The minimum Gasteiger partial charge on any atom is -0.466 e. The van der Waals surface area contributed by atoms with Crippen molar-refractivity contribution >= 4 is 17.8 Å². The first kappa shape index (κ1) is 58.4. The number of hydrogen-bond donors (Lipinski definition) is 2. The lowest BCUT2D eigenvalue weighted by Gasteiger charge is -2.25. The van der Waals surface area contributed by atoms with E-state index < -0.39 is 6.10 Å². The van der Waals surface area contributed by atoms with Gasteiger partial charge in [0.05, 0.1) is 18.3 Å². The summed E-state index contributed by atoms with van der Waals surface area (Å²) in [4.78, 5) is 47.7. The summed E-state index contributed by atoms with van der Waals surface area (Å²) in [6, 6.07) is 0. The van der Waals surface area contributed by atoms with E-state index in [4.69, 9.17) is 9.47 Å². The van der Waals surface area contributed by atoms with Crippen LogP contribution in [-0.4, -0.2) is 82.8 Å². The SMILES string of the molecule is CCCCCCCCCCCOC(=O)CCCCCN(CCCCCCCC(=O)OC(CCCCCCCC)CCCCCCCC)CC(O)CCCCNC(=O)c1cncnc1. The van der Waals surface area contributed by atoms with Gasteiger partial charge < -0.3 is 24.8 Å². The minimum atomic E-state index is -0.434. The molecule has 0 saturated heterocycles. The summed E-state index contributed by atoms with van der Waals surface area (Å²) in [7, 11) is 0. The Hall–Kier alpha value is -2.59. The van der Waals surface area contributed by atoms with Gasteiger partial charge in [0.25, 0.3) is 5.91 Å². The molecule has 2 N–H and O–H groups in total. The van der Waals surface area contributed by atoms with Crippen LogP contribution in [0.25, 0.3) is 0 Å². The summed E-state index contributed by atoms with van der Waals surface area (Å²) in [5.74, 6) is -0.275. The fourth-order valence-corrected chi connectivity index (χ4v) is 8.31. The van der Waals surface area contributed by atoms with Crippen LogP contribution >= 0.6 is 0 Å². The lowest BCUT2D eigenvalue weighted by Crippen LogP contribution is -2.34. The summed E-state index contributed by atoms with van der Waals surface area (Å²) in [5.41, 5.74) is 0.447. The molecule has 1 amide bonds. The Morgan fingerprint density at radius 2 is 1.00 bits per heavy atom. The van der Waals surface area contributed by atoms with Gasteiger partial charge in [-0.25, -0.2) is 9.97 Å². The van der Waals surface area contributed by atoms with Crippen molar-refractivity contribution in [1.29, 1.82) is 0 Å². The van der Waals surface area contributed by atoms with Gasteiger partial charge in [-0.2, -0.15) is 0 Å². The largest absolute Gasteiger partial charge is 0.466 e. The Bertz CT molecular complexity index is 1160. The number of nitrogens with one attached hydrogen (secondary N) is 1. The molecule has 0 aromatic carbocycles. The molecule has 63 heavy (non-hydrogen) atoms. The second-order valence-electron chi connectivity index (χ2n) is 18.4. The zero-order valence-electron chi connectivity index (χ0n) is 41.2. The van der Waals surface area contributed by atoms with Crippen molar-refractivity contribution in [3.05, 3.63) is 24.3 Å². The van der Waals surface area contributed by atoms with E-state index in [1.165, 1.54) is 128 Å². The van der Waals surface area contributed by atoms with Crippen LogP contribution in [0.3, 0.4) is 0 Å². The van der Waals surface area contributed by atoms with E-state index in [9.17, 15) is 19.5 Å². The highest BCUT2D eigenvalue weighted by atomic mass is 16.5. The molecule has 0 aliphatic heterocycles. The predicted octanol–water partition coefficient (Wildman–Crippen LogP) is 13.4. The number of aromatic nitrogens is 2. The molecule has 0 radical (unpaired) electrons. The van der Waals surface area contributed by atoms with Crippen LogP contribution in [-0.2, 0) is 19.1 Å². The van der Waals surface area contributed by atoms with Gasteiger partial charge in [0.2, 0.25) is 0 Å². The van der Waals surface area contributed by atoms with E-state index in [1.807, 2.05) is 0 Å². The summed E-state index contributed by atoms with van der Waals surface area (Å²) in [6.45, 7) is 10.3. The Balaban J connectivity index is 2.41. The number of aliphatic hydroxyl groups is 1. The van der Waals surface area contributed by atoms with Crippen molar-refractivity contribution in [2.45, 2.75) is 264 Å². The van der Waals surface area contributed by atoms with Gasteiger partial charge in [-0.15, -0.1) is 0 Å². The summed E-state index contributed by atoms with van der Waals surface area (Å²) >= 11 is 0. The number of carbonyl (C=O) groups excluding carboxylic acids is 3. The molecular weight excluding hydrogens is 789 g/mol. The van der Waals surface area contributed by atoms with Crippen LogP contribution in [0.5, 0.6) is 0 Å². The molecule has 0 aliphatic rings. The topological polar surface area (TPSA) is 131 Å². The van der Waals surface area contributed by atoms with E-state index in [1.54, 1.807) is 0 Å². The van der Waals surface area contributed by atoms with E-state index >= 15 is 0 Å². The van der Waals surface area contributed by atoms with Crippen molar-refractivity contribution in [3.63, 3.8) is 0 Å². The van der Waals surface area contributed by atoms with Crippen LogP contribution in [0.15, 0.2) is 18.7 Å². The first-order valence-corrected chi connectivity index (χ1v) is 26.7. The van der Waals surface area contributed by atoms with E-state index in [2.05, 4.69) is 41.0 Å². The summed E-state index contributed by atoms with van der Waals surface area (Å²) < 4.78 is 11.6. The second kappa shape index (κ2) is 44.6. The fraction of sp³-hybridized carbons (Fsp3) is 0.868. The number of nitrogens with zero attached hydrogens (tertiary/aromatic N) is 3. The number of hydrogen-bond acceptors (Lipinski definition) is 9. The quantitative estimate of drug-likeness (QED) is 0.0485. The fourth-order valence-electron chi connectivity index (χ4n) is 8.31. The van der Waals surface area contributed by atoms with Gasteiger partial charge in [0.1, 0.15) is 12.4 Å². The highest BCUT2D eigenvalue weighted by Gasteiger charge is 2.16. The molecule has 10 heteroatoms.